The van der Waals surface area contributed by atoms with Gasteiger partial charge in [-0.25, -0.2) is 0 Å². The minimum Gasteiger partial charge on any atom is -0.322 e. The minimum atomic E-state index is -4.52. The fourth-order valence-corrected chi connectivity index (χ4v) is 4.46. The van der Waals surface area contributed by atoms with E-state index in [1.807, 2.05) is 54.2 Å². The number of hydrogen-bond acceptors (Lipinski definition) is 3. The number of alkyl halides is 3. The summed E-state index contributed by atoms with van der Waals surface area (Å²) < 4.78 is 41.5. The van der Waals surface area contributed by atoms with E-state index in [-0.39, 0.29) is 17.8 Å². The average Bonchev–Trinajstić information content (AvgIpc) is 3.39. The van der Waals surface area contributed by atoms with Crippen molar-refractivity contribution in [1.29, 1.82) is 0 Å². The summed E-state index contributed by atoms with van der Waals surface area (Å²) >= 11 is 0. The molecule has 0 unspecified atom stereocenters. The quantitative estimate of drug-likeness (QED) is 0.433. The van der Waals surface area contributed by atoms with Crippen LogP contribution < -0.4 is 5.32 Å². The molecular weight excluding hydrogens is 487 g/mol. The Labute approximate surface area is 221 Å². The molecule has 2 heterocycles. The van der Waals surface area contributed by atoms with Crippen molar-refractivity contribution in [2.24, 2.45) is 0 Å². The van der Waals surface area contributed by atoms with Crippen molar-refractivity contribution < 1.29 is 18.0 Å². The molecule has 1 fully saturated rings. The normalized spacial score (nSPS) is 16.0. The fourth-order valence-electron chi connectivity index (χ4n) is 4.46. The van der Waals surface area contributed by atoms with Gasteiger partial charge in [-0.05, 0) is 93.2 Å². The van der Waals surface area contributed by atoms with Crippen molar-refractivity contribution in [2.45, 2.75) is 39.4 Å². The van der Waals surface area contributed by atoms with Crippen molar-refractivity contribution in [2.75, 3.05) is 18.4 Å². The van der Waals surface area contributed by atoms with Crippen molar-refractivity contribution in [3.8, 4) is 11.8 Å². The third kappa shape index (κ3) is 6.45. The first-order chi connectivity index (χ1) is 18.2. The number of likely N-dealkylation sites (tertiary alicyclic amines) is 1. The molecule has 2 aromatic carbocycles. The smallest absolute Gasteiger partial charge is 0.322 e. The number of allylic oxidation sites excluding steroid dienone is 5. The molecule has 2 aliphatic rings. The van der Waals surface area contributed by atoms with Crippen molar-refractivity contribution >= 4 is 11.6 Å². The van der Waals surface area contributed by atoms with Crippen LogP contribution in [0.25, 0.3) is 0 Å². The number of nitrogens with one attached hydrogen (secondary N) is 1. The summed E-state index contributed by atoms with van der Waals surface area (Å²) in [6.45, 7) is 9.62. The van der Waals surface area contributed by atoms with Gasteiger partial charge in [0.05, 0.1) is 11.3 Å². The molecule has 0 bridgehead atoms. The van der Waals surface area contributed by atoms with Crippen molar-refractivity contribution in [3.05, 3.63) is 113 Å². The molecule has 4 rings (SSSR count). The molecule has 2 aliphatic heterocycles. The highest BCUT2D eigenvalue weighted by atomic mass is 19.4. The van der Waals surface area contributed by atoms with Gasteiger partial charge >= 0.3 is 6.18 Å². The lowest BCUT2D eigenvalue weighted by atomic mass is 10.0. The Kier molecular flexibility index (Phi) is 8.23. The predicted molar refractivity (Wildman–Crippen MR) is 145 cm³/mol. The van der Waals surface area contributed by atoms with Gasteiger partial charge in [0.15, 0.2) is 0 Å². The van der Waals surface area contributed by atoms with E-state index < -0.39 is 17.6 Å². The molecule has 2 aromatic rings. The molecule has 38 heavy (non-hydrogen) atoms. The molecule has 1 N–H and O–H groups in total. The highest BCUT2D eigenvalue weighted by molar-refractivity contribution is 6.04. The Hall–Kier alpha value is -4.02. The Morgan fingerprint density at radius 2 is 1.89 bits per heavy atom. The van der Waals surface area contributed by atoms with E-state index in [0.29, 0.717) is 11.1 Å². The van der Waals surface area contributed by atoms with Crippen LogP contribution in [0.3, 0.4) is 0 Å². The molecule has 1 saturated heterocycles. The topological polar surface area (TPSA) is 35.6 Å². The highest BCUT2D eigenvalue weighted by Gasteiger charge is 2.34. The molecule has 0 spiro atoms. The monoisotopic (exact) mass is 517 g/mol. The lowest BCUT2D eigenvalue weighted by Crippen LogP contribution is -2.21. The van der Waals surface area contributed by atoms with Crippen LogP contribution in [0.5, 0.6) is 0 Å². The third-order valence-electron chi connectivity index (χ3n) is 6.57. The van der Waals surface area contributed by atoms with E-state index in [0.717, 1.165) is 49.0 Å². The Morgan fingerprint density at radius 1 is 1.13 bits per heavy atom. The zero-order chi connectivity index (χ0) is 27.3. The SMILES string of the molecule is C=C1C=CC=CN1/C(C#Cc1cc(C(=O)Nc2ccc(CN3CCCC3)c(C(F)(F)F)c2)ccc1C)=C\C. The summed E-state index contributed by atoms with van der Waals surface area (Å²) in [4.78, 5) is 16.9. The molecule has 0 aromatic heterocycles. The van der Waals surface area contributed by atoms with Gasteiger partial charge in [-0.3, -0.25) is 9.69 Å². The van der Waals surface area contributed by atoms with Crippen LogP contribution in [-0.4, -0.2) is 28.8 Å². The summed E-state index contributed by atoms with van der Waals surface area (Å²) in [6.07, 6.45) is 6.88. The number of anilines is 1. The molecule has 196 valence electrons. The van der Waals surface area contributed by atoms with Gasteiger partial charge in [0.1, 0.15) is 0 Å². The third-order valence-corrected chi connectivity index (χ3v) is 6.57. The molecule has 0 aliphatic carbocycles. The maximum absolute atomic E-state index is 13.8. The van der Waals surface area contributed by atoms with Crippen LogP contribution in [0.1, 0.15) is 52.4 Å². The molecule has 7 heteroatoms. The average molecular weight is 518 g/mol. The largest absolute Gasteiger partial charge is 0.416 e. The molecule has 0 radical (unpaired) electrons. The van der Waals surface area contributed by atoms with Gasteiger partial charge in [-0.1, -0.05) is 36.8 Å². The number of carbonyl (C=O) groups excluding carboxylic acids is 1. The Bertz CT molecular complexity index is 1380. The summed E-state index contributed by atoms with van der Waals surface area (Å²) in [6, 6.07) is 9.07. The number of benzene rings is 2. The molecule has 1 amide bonds. The number of rotatable bonds is 5. The minimum absolute atomic E-state index is 0.0976. The zero-order valence-corrected chi connectivity index (χ0v) is 21.5. The first-order valence-electron chi connectivity index (χ1n) is 12.5. The molecule has 0 atom stereocenters. The van der Waals surface area contributed by atoms with Gasteiger partial charge in [0, 0.05) is 35.3 Å². The fraction of sp³-hybridized carbons (Fsp3) is 0.258. The van der Waals surface area contributed by atoms with Gasteiger partial charge in [0.2, 0.25) is 0 Å². The number of amides is 1. The first kappa shape index (κ1) is 27.0. The van der Waals surface area contributed by atoms with E-state index in [9.17, 15) is 18.0 Å². The van der Waals surface area contributed by atoms with Crippen LogP contribution in [0, 0.1) is 18.8 Å². The molecular formula is C31H30F3N3O. The lowest BCUT2D eigenvalue weighted by Gasteiger charge is -2.22. The standard InChI is InChI=1S/C31H30F3N3O/c1-4-28(37-18-6-5-9-23(37)3)15-13-24-19-25(11-10-22(24)2)30(38)35-27-14-12-26(21-36-16-7-8-17-36)29(20-27)31(32,33)34/h4-6,9-12,14,18-20H,3,7-8,16-17,21H2,1-2H3,(H,35,38)/b28-4-. The van der Waals surface area contributed by atoms with E-state index in [1.165, 1.54) is 12.1 Å². The van der Waals surface area contributed by atoms with Gasteiger partial charge in [-0.15, -0.1) is 0 Å². The molecule has 0 saturated carbocycles. The maximum atomic E-state index is 13.8. The second-order valence-electron chi connectivity index (χ2n) is 9.32. The number of aryl methyl sites for hydroxylation is 1. The van der Waals surface area contributed by atoms with Crippen molar-refractivity contribution in [3.63, 3.8) is 0 Å². The zero-order valence-electron chi connectivity index (χ0n) is 21.5. The summed E-state index contributed by atoms with van der Waals surface area (Å²) in [7, 11) is 0. The van der Waals surface area contributed by atoms with Gasteiger partial charge in [-0.2, -0.15) is 13.2 Å². The van der Waals surface area contributed by atoms with Crippen LogP contribution in [0.15, 0.2) is 84.9 Å². The summed E-state index contributed by atoms with van der Waals surface area (Å²) in [5.41, 5.74) is 2.94. The lowest BCUT2D eigenvalue weighted by molar-refractivity contribution is -0.138. The maximum Gasteiger partial charge on any atom is 0.416 e. The first-order valence-corrected chi connectivity index (χ1v) is 12.5. The summed E-state index contributed by atoms with van der Waals surface area (Å²) in [5.74, 6) is 5.75. The van der Waals surface area contributed by atoms with E-state index >= 15 is 0 Å². The van der Waals surface area contributed by atoms with Crippen molar-refractivity contribution in [1.82, 2.24) is 9.80 Å². The number of carbonyl (C=O) groups is 1. The number of nitrogens with zero attached hydrogens (tertiary/aromatic N) is 2. The second-order valence-corrected chi connectivity index (χ2v) is 9.32. The highest BCUT2D eigenvalue weighted by Crippen LogP contribution is 2.35. The van der Waals surface area contributed by atoms with Crippen LogP contribution >= 0.6 is 0 Å². The Morgan fingerprint density at radius 3 is 2.58 bits per heavy atom. The molecule has 4 nitrogen and oxygen atoms in total. The second kappa shape index (κ2) is 11.6. The van der Waals surface area contributed by atoms with E-state index in [4.69, 9.17) is 0 Å². The number of hydrogen-bond donors (Lipinski definition) is 1. The van der Waals surface area contributed by atoms with Crippen LogP contribution in [0.4, 0.5) is 18.9 Å². The van der Waals surface area contributed by atoms with E-state index in [2.05, 4.69) is 23.7 Å². The van der Waals surface area contributed by atoms with E-state index in [1.54, 1.807) is 18.2 Å². The van der Waals surface area contributed by atoms with Gasteiger partial charge in [0.25, 0.3) is 5.91 Å². The van der Waals surface area contributed by atoms with Crippen LogP contribution in [-0.2, 0) is 12.7 Å². The Balaban J connectivity index is 1.54. The summed E-state index contributed by atoms with van der Waals surface area (Å²) in [5, 5.41) is 2.62. The predicted octanol–water partition coefficient (Wildman–Crippen LogP) is 7.02. The van der Waals surface area contributed by atoms with Gasteiger partial charge < -0.3 is 10.2 Å². The van der Waals surface area contributed by atoms with Crippen LogP contribution in [0.2, 0.25) is 0 Å². The number of halogens is 3.